The summed E-state index contributed by atoms with van der Waals surface area (Å²) in [6.45, 7) is 3.95. The number of aliphatic hydroxyl groups excluding tert-OH is 1. The van der Waals surface area contributed by atoms with Gasteiger partial charge in [0.25, 0.3) is 0 Å². The van der Waals surface area contributed by atoms with Crippen LogP contribution in [0.15, 0.2) is 40.8 Å². The molecule has 4 rings (SSSR count). The summed E-state index contributed by atoms with van der Waals surface area (Å²) in [6, 6.07) is 12.2. The van der Waals surface area contributed by atoms with Crippen molar-refractivity contribution in [2.24, 2.45) is 0 Å². The highest BCUT2D eigenvalue weighted by molar-refractivity contribution is 5.77. The first-order valence-corrected chi connectivity index (χ1v) is 8.68. The van der Waals surface area contributed by atoms with Gasteiger partial charge in [0, 0.05) is 25.0 Å². The molecule has 1 N–H and O–H groups in total. The molecule has 0 amide bonds. The molecule has 0 unspecified atom stereocenters. The molecule has 1 atom stereocenters. The van der Waals surface area contributed by atoms with Crippen LogP contribution in [0, 0.1) is 0 Å². The molecule has 6 heteroatoms. The molecule has 6 nitrogen and oxygen atoms in total. The van der Waals surface area contributed by atoms with Crippen LogP contribution in [0.5, 0.6) is 0 Å². The van der Waals surface area contributed by atoms with E-state index < -0.39 is 6.10 Å². The van der Waals surface area contributed by atoms with E-state index in [4.69, 9.17) is 4.42 Å². The number of fused-ring (bicyclic) bond motifs is 2. The lowest BCUT2D eigenvalue weighted by Gasteiger charge is -2.26. The third kappa shape index (κ3) is 3.46. The van der Waals surface area contributed by atoms with Crippen molar-refractivity contribution in [1.82, 2.24) is 19.6 Å². The number of hydrogen-bond acceptors (Lipinski definition) is 5. The topological polar surface area (TPSA) is 57.7 Å². The maximum Gasteiger partial charge on any atom is 0.134 e. The predicted molar refractivity (Wildman–Crippen MR) is 96.1 cm³/mol. The Morgan fingerprint density at radius 2 is 2.08 bits per heavy atom. The SMILES string of the molecule is CN(C)C[C@H](O)c1cc2n(n1)CCN(Cc1cc3ccccc3o1)C2. The minimum absolute atomic E-state index is 0.545. The molecule has 2 aromatic heterocycles. The lowest BCUT2D eigenvalue weighted by atomic mass is 10.2. The molecule has 132 valence electrons. The third-order valence-corrected chi connectivity index (χ3v) is 4.63. The van der Waals surface area contributed by atoms with Gasteiger partial charge in [-0.1, -0.05) is 18.2 Å². The zero-order valence-electron chi connectivity index (χ0n) is 14.7. The van der Waals surface area contributed by atoms with E-state index in [2.05, 4.69) is 22.1 Å². The first kappa shape index (κ1) is 16.3. The van der Waals surface area contributed by atoms with Crippen LogP contribution in [0.4, 0.5) is 0 Å². The number of aromatic nitrogens is 2. The molecule has 0 spiro atoms. The summed E-state index contributed by atoms with van der Waals surface area (Å²) in [5, 5.41) is 16.0. The highest BCUT2D eigenvalue weighted by Gasteiger charge is 2.22. The number of nitrogens with zero attached hydrogens (tertiary/aromatic N) is 4. The van der Waals surface area contributed by atoms with E-state index in [9.17, 15) is 5.11 Å². The van der Waals surface area contributed by atoms with Crippen molar-refractivity contribution in [2.75, 3.05) is 27.2 Å². The van der Waals surface area contributed by atoms with E-state index in [0.717, 1.165) is 54.3 Å². The summed E-state index contributed by atoms with van der Waals surface area (Å²) in [7, 11) is 3.91. The van der Waals surface area contributed by atoms with Crippen molar-refractivity contribution in [2.45, 2.75) is 25.7 Å². The first-order chi connectivity index (χ1) is 12.1. The molecule has 0 saturated heterocycles. The van der Waals surface area contributed by atoms with Gasteiger partial charge in [0.1, 0.15) is 17.4 Å². The van der Waals surface area contributed by atoms with Crippen molar-refractivity contribution in [3.63, 3.8) is 0 Å². The van der Waals surface area contributed by atoms with Crippen LogP contribution in [0.25, 0.3) is 11.0 Å². The Morgan fingerprint density at radius 3 is 2.88 bits per heavy atom. The van der Waals surface area contributed by atoms with E-state index in [0.29, 0.717) is 6.54 Å². The number of benzene rings is 1. The Morgan fingerprint density at radius 1 is 1.24 bits per heavy atom. The lowest BCUT2D eigenvalue weighted by Crippen LogP contribution is -2.33. The Kier molecular flexibility index (Phi) is 4.33. The fourth-order valence-electron chi connectivity index (χ4n) is 3.42. The van der Waals surface area contributed by atoms with Gasteiger partial charge in [-0.25, -0.2) is 0 Å². The second-order valence-electron chi connectivity index (χ2n) is 7.02. The van der Waals surface area contributed by atoms with E-state index in [1.165, 1.54) is 0 Å². The number of furan rings is 1. The molecule has 0 aliphatic carbocycles. The summed E-state index contributed by atoms with van der Waals surface area (Å²) in [5.74, 6) is 0.988. The van der Waals surface area contributed by atoms with Crippen LogP contribution in [-0.4, -0.2) is 51.9 Å². The predicted octanol–water partition coefficient (Wildman–Crippen LogP) is 2.24. The Hall–Kier alpha value is -2.15. The molecule has 0 saturated carbocycles. The van der Waals surface area contributed by atoms with Crippen molar-refractivity contribution < 1.29 is 9.52 Å². The average Bonchev–Trinajstić information content (AvgIpc) is 3.16. The highest BCUT2D eigenvalue weighted by Crippen LogP contribution is 2.23. The van der Waals surface area contributed by atoms with Crippen LogP contribution in [-0.2, 0) is 19.6 Å². The largest absolute Gasteiger partial charge is 0.460 e. The number of likely N-dealkylation sites (N-methyl/N-ethyl adjacent to an activating group) is 1. The molecule has 1 aromatic carbocycles. The summed E-state index contributed by atoms with van der Waals surface area (Å²) in [5.41, 5.74) is 2.85. The number of rotatable bonds is 5. The fourth-order valence-corrected chi connectivity index (χ4v) is 3.42. The number of aliphatic hydroxyl groups is 1. The monoisotopic (exact) mass is 340 g/mol. The van der Waals surface area contributed by atoms with Gasteiger partial charge >= 0.3 is 0 Å². The van der Waals surface area contributed by atoms with Crippen molar-refractivity contribution in [3.05, 3.63) is 53.5 Å². The van der Waals surface area contributed by atoms with Gasteiger partial charge in [-0.2, -0.15) is 5.10 Å². The normalized spacial score (nSPS) is 16.5. The van der Waals surface area contributed by atoms with Crippen molar-refractivity contribution in [3.8, 4) is 0 Å². The van der Waals surface area contributed by atoms with Crippen molar-refractivity contribution in [1.29, 1.82) is 0 Å². The van der Waals surface area contributed by atoms with Gasteiger partial charge in [0.15, 0.2) is 0 Å². The van der Waals surface area contributed by atoms with Gasteiger partial charge in [0.2, 0.25) is 0 Å². The van der Waals surface area contributed by atoms with Crippen LogP contribution in [0.1, 0.15) is 23.3 Å². The van der Waals surface area contributed by atoms with E-state index in [1.807, 2.05) is 47.9 Å². The Labute approximate surface area is 147 Å². The maximum absolute atomic E-state index is 10.3. The van der Waals surface area contributed by atoms with Gasteiger partial charge in [-0.05, 0) is 32.3 Å². The summed E-state index contributed by atoms with van der Waals surface area (Å²) < 4.78 is 7.95. The van der Waals surface area contributed by atoms with E-state index >= 15 is 0 Å². The zero-order chi connectivity index (χ0) is 17.4. The minimum Gasteiger partial charge on any atom is -0.460 e. The number of para-hydroxylation sites is 1. The van der Waals surface area contributed by atoms with Gasteiger partial charge in [0.05, 0.1) is 24.5 Å². The molecular weight excluding hydrogens is 316 g/mol. The lowest BCUT2D eigenvalue weighted by molar-refractivity contribution is 0.133. The van der Waals surface area contributed by atoms with Crippen LogP contribution >= 0.6 is 0 Å². The van der Waals surface area contributed by atoms with Gasteiger partial charge in [-0.3, -0.25) is 9.58 Å². The minimum atomic E-state index is -0.545. The van der Waals surface area contributed by atoms with Gasteiger partial charge in [-0.15, -0.1) is 0 Å². The van der Waals surface area contributed by atoms with Crippen LogP contribution in [0.2, 0.25) is 0 Å². The highest BCUT2D eigenvalue weighted by atomic mass is 16.3. The summed E-state index contributed by atoms with van der Waals surface area (Å²) in [6.07, 6.45) is -0.545. The van der Waals surface area contributed by atoms with Crippen molar-refractivity contribution >= 4 is 11.0 Å². The average molecular weight is 340 g/mol. The fraction of sp³-hybridized carbons (Fsp3) is 0.421. The molecule has 1 aliphatic heterocycles. The van der Waals surface area contributed by atoms with Gasteiger partial charge < -0.3 is 14.4 Å². The molecule has 0 bridgehead atoms. The molecule has 3 heterocycles. The third-order valence-electron chi connectivity index (χ3n) is 4.63. The zero-order valence-corrected chi connectivity index (χ0v) is 14.7. The molecule has 0 radical (unpaired) electrons. The second-order valence-corrected chi connectivity index (χ2v) is 7.02. The van der Waals surface area contributed by atoms with E-state index in [1.54, 1.807) is 0 Å². The standard InChI is InChI=1S/C19H24N4O2/c1-21(2)13-18(24)17-10-15-11-22(7-8-23(15)20-17)12-16-9-14-5-3-4-6-19(14)25-16/h3-6,9-10,18,24H,7-8,11-13H2,1-2H3/t18-/m0/s1. The van der Waals surface area contributed by atoms with Crippen LogP contribution < -0.4 is 0 Å². The van der Waals surface area contributed by atoms with Crippen LogP contribution in [0.3, 0.4) is 0 Å². The molecule has 0 fully saturated rings. The smallest absolute Gasteiger partial charge is 0.134 e. The summed E-state index contributed by atoms with van der Waals surface area (Å²) in [4.78, 5) is 4.33. The summed E-state index contributed by atoms with van der Waals surface area (Å²) >= 11 is 0. The molecule has 1 aliphatic rings. The quantitative estimate of drug-likeness (QED) is 0.772. The van der Waals surface area contributed by atoms with E-state index in [-0.39, 0.29) is 0 Å². The number of hydrogen-bond donors (Lipinski definition) is 1. The first-order valence-electron chi connectivity index (χ1n) is 8.68. The Bertz CT molecular complexity index is 834. The Balaban J connectivity index is 1.46. The maximum atomic E-state index is 10.3. The molecular formula is C19H24N4O2. The molecule has 3 aromatic rings. The second kappa shape index (κ2) is 6.63. The molecule has 25 heavy (non-hydrogen) atoms.